The summed E-state index contributed by atoms with van der Waals surface area (Å²) >= 11 is 7.53. The van der Waals surface area contributed by atoms with Gasteiger partial charge in [-0.25, -0.2) is 0 Å². The zero-order chi connectivity index (χ0) is 21.1. The Labute approximate surface area is 191 Å². The van der Waals surface area contributed by atoms with Crippen molar-refractivity contribution in [2.45, 2.75) is 38.0 Å². The zero-order valence-corrected chi connectivity index (χ0v) is 21.9. The second-order valence-electron chi connectivity index (χ2n) is 8.69. The number of rotatable bonds is 4. The van der Waals surface area contributed by atoms with Crippen LogP contribution in [-0.4, -0.2) is 22.3 Å². The van der Waals surface area contributed by atoms with Crippen molar-refractivity contribution < 1.29 is 9.47 Å². The molecule has 2 aromatic carbocycles. The van der Waals surface area contributed by atoms with Gasteiger partial charge in [0, 0.05) is 20.0 Å². The molecule has 0 heterocycles. The van der Waals surface area contributed by atoms with Crippen molar-refractivity contribution in [1.29, 1.82) is 0 Å². The van der Waals surface area contributed by atoms with Gasteiger partial charge in [0.1, 0.15) is 11.5 Å². The second kappa shape index (κ2) is 7.43. The summed E-state index contributed by atoms with van der Waals surface area (Å²) in [5.74, 6) is 1.83. The van der Waals surface area contributed by atoms with E-state index in [4.69, 9.17) is 9.47 Å². The van der Waals surface area contributed by atoms with Crippen LogP contribution in [0, 0.1) is 0 Å². The van der Waals surface area contributed by atoms with Gasteiger partial charge in [-0.2, -0.15) is 0 Å². The predicted molar refractivity (Wildman–Crippen MR) is 132 cm³/mol. The number of allylic oxidation sites excluding steroid dienone is 2. The maximum atomic E-state index is 5.59. The summed E-state index contributed by atoms with van der Waals surface area (Å²) in [6.45, 7) is 9.63. The molecule has 4 rings (SSSR count). The first-order chi connectivity index (χ1) is 13.7. The van der Waals surface area contributed by atoms with Crippen LogP contribution in [0.3, 0.4) is 0 Å². The molecule has 0 saturated carbocycles. The average Bonchev–Trinajstić information content (AvgIpc) is 3.18. The van der Waals surface area contributed by atoms with E-state index in [1.54, 1.807) is 14.2 Å². The average molecular weight is 534 g/mol. The summed E-state index contributed by atoms with van der Waals surface area (Å²) in [6.07, 6.45) is 4.71. The van der Waals surface area contributed by atoms with Gasteiger partial charge in [0.15, 0.2) is 0 Å². The lowest BCUT2D eigenvalue weighted by Gasteiger charge is -2.39. The molecule has 2 atom stereocenters. The fourth-order valence-corrected chi connectivity index (χ4v) is 11.6. The van der Waals surface area contributed by atoms with Crippen molar-refractivity contribution >= 4 is 52.1 Å². The molecule has 152 valence electrons. The first-order valence-corrected chi connectivity index (χ1v) is 14.5. The summed E-state index contributed by atoms with van der Waals surface area (Å²) in [6, 6.07) is 8.61. The quantitative estimate of drug-likeness (QED) is 0.374. The van der Waals surface area contributed by atoms with E-state index in [1.807, 2.05) is 0 Å². The Bertz CT molecular complexity index is 986. The molecule has 2 aliphatic rings. The van der Waals surface area contributed by atoms with Gasteiger partial charge >= 0.3 is 0 Å². The number of hydrogen-bond donors (Lipinski definition) is 0. The Kier molecular flexibility index (Phi) is 5.37. The minimum absolute atomic E-state index is 0.438. The van der Waals surface area contributed by atoms with Gasteiger partial charge in [0.25, 0.3) is 0 Å². The molecule has 0 aliphatic heterocycles. The number of ether oxygens (including phenoxy) is 2. The topological polar surface area (TPSA) is 18.5 Å². The lowest BCUT2D eigenvalue weighted by atomic mass is 10.1. The Morgan fingerprint density at radius 1 is 0.724 bits per heavy atom. The number of hydrogen-bond acceptors (Lipinski definition) is 2. The molecule has 0 bridgehead atoms. The maximum Gasteiger partial charge on any atom is 0.120 e. The van der Waals surface area contributed by atoms with Crippen LogP contribution >= 0.6 is 31.9 Å². The second-order valence-corrected chi connectivity index (χ2v) is 15.2. The monoisotopic (exact) mass is 532 g/mol. The maximum absolute atomic E-state index is 5.59. The number of benzene rings is 2. The van der Waals surface area contributed by atoms with Crippen LogP contribution in [0.25, 0.3) is 12.2 Å². The van der Waals surface area contributed by atoms with Gasteiger partial charge in [-0.05, 0) is 60.4 Å². The lowest BCUT2D eigenvalue weighted by molar-refractivity contribution is 0.414. The summed E-state index contributed by atoms with van der Waals surface area (Å²) in [5, 5.41) is 0. The van der Waals surface area contributed by atoms with Crippen molar-refractivity contribution in [2.75, 3.05) is 14.2 Å². The van der Waals surface area contributed by atoms with Gasteiger partial charge in [-0.1, -0.05) is 68.3 Å². The third kappa shape index (κ3) is 3.26. The number of methoxy groups -OCH3 is 2. The smallest absolute Gasteiger partial charge is 0.120 e. The van der Waals surface area contributed by atoms with Crippen molar-refractivity contribution in [3.05, 3.63) is 66.6 Å². The van der Waals surface area contributed by atoms with E-state index >= 15 is 0 Å². The zero-order valence-electron chi connectivity index (χ0n) is 17.7. The molecule has 2 unspecified atom stereocenters. The van der Waals surface area contributed by atoms with Crippen molar-refractivity contribution in [2.24, 2.45) is 0 Å². The van der Waals surface area contributed by atoms with Crippen LogP contribution in [0.2, 0.25) is 13.1 Å². The summed E-state index contributed by atoms with van der Waals surface area (Å²) < 4.78 is 13.4. The molecule has 0 fully saturated rings. The normalized spacial score (nSPS) is 20.1. The van der Waals surface area contributed by atoms with E-state index in [0.29, 0.717) is 11.1 Å². The summed E-state index contributed by atoms with van der Waals surface area (Å²) in [7, 11) is 1.61. The molecule has 29 heavy (non-hydrogen) atoms. The molecular weight excluding hydrogens is 508 g/mol. The summed E-state index contributed by atoms with van der Waals surface area (Å²) in [5.41, 5.74) is 9.19. The number of fused-ring (bicyclic) bond motifs is 2. The van der Waals surface area contributed by atoms with Gasteiger partial charge in [0.05, 0.1) is 22.3 Å². The van der Waals surface area contributed by atoms with E-state index in [-0.39, 0.29) is 0 Å². The van der Waals surface area contributed by atoms with Crippen LogP contribution in [0.5, 0.6) is 11.5 Å². The van der Waals surface area contributed by atoms with E-state index in [2.05, 4.69) is 95.2 Å². The van der Waals surface area contributed by atoms with Gasteiger partial charge in [-0.15, -0.1) is 0 Å². The Balaban J connectivity index is 1.87. The molecule has 2 aromatic rings. The number of halogens is 2. The molecule has 5 heteroatoms. The Hall–Kier alpha value is -1.30. The van der Waals surface area contributed by atoms with Crippen molar-refractivity contribution in [3.8, 4) is 11.5 Å². The van der Waals surface area contributed by atoms with Crippen molar-refractivity contribution in [3.63, 3.8) is 0 Å². The van der Waals surface area contributed by atoms with Crippen LogP contribution in [0.15, 0.2) is 44.4 Å². The van der Waals surface area contributed by atoms with Crippen molar-refractivity contribution in [1.82, 2.24) is 0 Å². The predicted octanol–water partition coefficient (Wildman–Crippen LogP) is 7.72. The van der Waals surface area contributed by atoms with E-state index < -0.39 is 8.07 Å². The van der Waals surface area contributed by atoms with Gasteiger partial charge in [0.2, 0.25) is 0 Å². The van der Waals surface area contributed by atoms with Gasteiger partial charge in [-0.3, -0.25) is 0 Å². The minimum atomic E-state index is -1.87. The van der Waals surface area contributed by atoms with E-state index in [0.717, 1.165) is 20.4 Å². The van der Waals surface area contributed by atoms with Crippen LogP contribution in [0.4, 0.5) is 0 Å². The lowest BCUT2D eigenvalue weighted by Crippen LogP contribution is -2.42. The highest BCUT2D eigenvalue weighted by Gasteiger charge is 2.47. The third-order valence-corrected chi connectivity index (χ3v) is 12.3. The molecule has 2 nitrogen and oxygen atoms in total. The van der Waals surface area contributed by atoms with Gasteiger partial charge < -0.3 is 9.47 Å². The van der Waals surface area contributed by atoms with Crippen LogP contribution < -0.4 is 9.47 Å². The molecule has 0 amide bonds. The Morgan fingerprint density at radius 2 is 1.10 bits per heavy atom. The largest absolute Gasteiger partial charge is 0.497 e. The highest BCUT2D eigenvalue weighted by molar-refractivity contribution is 9.10. The first kappa shape index (κ1) is 20.9. The molecule has 0 spiro atoms. The van der Waals surface area contributed by atoms with E-state index in [1.165, 1.54) is 33.4 Å². The molecule has 0 saturated heterocycles. The highest BCUT2D eigenvalue weighted by atomic mass is 79.9. The minimum Gasteiger partial charge on any atom is -0.497 e. The summed E-state index contributed by atoms with van der Waals surface area (Å²) in [4.78, 5) is 0. The molecule has 2 aliphatic carbocycles. The SMILES string of the molecule is COc1cc(Br)c2c(c1)C([Si](C)(C)C1C(C)=Cc3c(Br)cc(OC)cc31)C(C)=C2. The van der Waals surface area contributed by atoms with Crippen LogP contribution in [-0.2, 0) is 0 Å². The molecule has 0 aromatic heterocycles. The molecular formula is C24H26Br2O2Si. The van der Waals surface area contributed by atoms with Crippen LogP contribution in [0.1, 0.15) is 47.2 Å². The fourth-order valence-electron chi connectivity index (χ4n) is 5.50. The fraction of sp³-hybridized carbons (Fsp3) is 0.333. The standard InChI is InChI=1S/C24H26Br2O2Si/c1-13-7-17-19(9-15(27-3)11-21(17)25)23(13)29(5,6)24-14(2)8-18-20(24)10-16(28-4)12-22(18)26/h7-12,23-24H,1-6H3. The Morgan fingerprint density at radius 3 is 1.45 bits per heavy atom. The van der Waals surface area contributed by atoms with E-state index in [9.17, 15) is 0 Å². The molecule has 0 N–H and O–H groups in total. The third-order valence-electron chi connectivity index (χ3n) is 6.51. The molecule has 0 radical (unpaired) electrons. The highest BCUT2D eigenvalue weighted by Crippen LogP contribution is 2.54. The first-order valence-electron chi connectivity index (χ1n) is 9.80.